The number of hydrogen-bond acceptors (Lipinski definition) is 8. The number of rotatable bonds is 10. The topological polar surface area (TPSA) is 123 Å². The summed E-state index contributed by atoms with van der Waals surface area (Å²) < 4.78 is 11.0. The van der Waals surface area contributed by atoms with Gasteiger partial charge in [0.25, 0.3) is 11.8 Å². The molecule has 0 saturated carbocycles. The quantitative estimate of drug-likeness (QED) is 0.128. The van der Waals surface area contributed by atoms with Crippen molar-refractivity contribution in [1.82, 2.24) is 14.9 Å². The van der Waals surface area contributed by atoms with Crippen molar-refractivity contribution in [3.63, 3.8) is 0 Å². The Balaban J connectivity index is 1.52. The van der Waals surface area contributed by atoms with Gasteiger partial charge in [0.15, 0.2) is 0 Å². The van der Waals surface area contributed by atoms with Gasteiger partial charge in [0, 0.05) is 49.7 Å². The number of imide groups is 1. The van der Waals surface area contributed by atoms with E-state index in [2.05, 4.69) is 16.6 Å². The van der Waals surface area contributed by atoms with E-state index in [0.29, 0.717) is 57.3 Å². The largest absolute Gasteiger partial charge is 0.497 e. The molecule has 10 heteroatoms. The molecule has 42 heavy (non-hydrogen) atoms. The zero-order valence-corrected chi connectivity index (χ0v) is 23.6. The summed E-state index contributed by atoms with van der Waals surface area (Å²) in [5.74, 6) is 0.933. The van der Waals surface area contributed by atoms with Gasteiger partial charge in [0.2, 0.25) is 0 Å². The molecule has 0 aliphatic carbocycles. The average Bonchev–Trinajstić information content (AvgIpc) is 3.27. The molecule has 0 saturated heterocycles. The van der Waals surface area contributed by atoms with E-state index in [1.54, 1.807) is 69.9 Å². The summed E-state index contributed by atoms with van der Waals surface area (Å²) in [4.78, 5) is 42.7. The molecule has 4 aromatic rings. The maximum absolute atomic E-state index is 13.1. The molecule has 10 nitrogen and oxygen atoms in total. The monoisotopic (exact) mass is 562 g/mol. The van der Waals surface area contributed by atoms with E-state index >= 15 is 0 Å². The van der Waals surface area contributed by atoms with Crippen molar-refractivity contribution in [3.05, 3.63) is 102 Å². The summed E-state index contributed by atoms with van der Waals surface area (Å²) >= 11 is 0. The number of methoxy groups -OCH3 is 2. The van der Waals surface area contributed by atoms with Crippen molar-refractivity contribution in [2.75, 3.05) is 39.3 Å². The van der Waals surface area contributed by atoms with Crippen LogP contribution in [-0.4, -0.2) is 66.9 Å². The Hall–Kier alpha value is -5.51. The maximum atomic E-state index is 13.1. The maximum Gasteiger partial charge on any atom is 0.261 e. The third-order valence-electron chi connectivity index (χ3n) is 6.95. The van der Waals surface area contributed by atoms with Crippen LogP contribution in [0.1, 0.15) is 26.4 Å². The third-order valence-corrected chi connectivity index (χ3v) is 6.95. The van der Waals surface area contributed by atoms with Gasteiger partial charge in [-0.25, -0.2) is 4.98 Å². The average molecular weight is 563 g/mol. The fourth-order valence-electron chi connectivity index (χ4n) is 4.67. The van der Waals surface area contributed by atoms with Crippen LogP contribution in [0.4, 0.5) is 11.4 Å². The first-order valence-electron chi connectivity index (χ1n) is 13.1. The molecule has 212 valence electrons. The second-order valence-electron chi connectivity index (χ2n) is 9.47. The zero-order valence-electron chi connectivity index (χ0n) is 23.6. The molecule has 2 N–H and O–H groups in total. The number of aromatic nitrogens is 2. The molecular formula is C32H30N6O4. The number of hydrogen-bond donors (Lipinski definition) is 1. The highest BCUT2D eigenvalue weighted by Crippen LogP contribution is 2.34. The van der Waals surface area contributed by atoms with Gasteiger partial charge < -0.3 is 20.1 Å². The molecule has 1 aliphatic rings. The molecule has 2 heterocycles. The molecule has 0 atom stereocenters. The number of allylic oxidation sites excluding steroid dienone is 2. The summed E-state index contributed by atoms with van der Waals surface area (Å²) in [6.45, 7) is 4.53. The van der Waals surface area contributed by atoms with Gasteiger partial charge in [-0.2, -0.15) is 0 Å². The molecule has 2 amide bonds. The van der Waals surface area contributed by atoms with Gasteiger partial charge in [0.1, 0.15) is 17.3 Å². The lowest BCUT2D eigenvalue weighted by molar-refractivity contribution is 0.0659. The molecule has 0 bridgehead atoms. The van der Waals surface area contributed by atoms with Crippen LogP contribution >= 0.6 is 0 Å². The fourth-order valence-corrected chi connectivity index (χ4v) is 4.67. The highest BCUT2D eigenvalue weighted by Gasteiger charge is 2.35. The first-order chi connectivity index (χ1) is 20.3. The second-order valence-corrected chi connectivity index (χ2v) is 9.47. The highest BCUT2D eigenvalue weighted by atomic mass is 16.5. The first-order valence-corrected chi connectivity index (χ1v) is 13.1. The number of nitrogens with zero attached hydrogens (tertiary/aromatic N) is 5. The summed E-state index contributed by atoms with van der Waals surface area (Å²) in [6, 6.07) is 18.0. The number of amidine groups is 1. The summed E-state index contributed by atoms with van der Waals surface area (Å²) in [6.07, 6.45) is 5.04. The van der Waals surface area contributed by atoms with Gasteiger partial charge in [-0.05, 0) is 48.1 Å². The predicted molar refractivity (Wildman–Crippen MR) is 164 cm³/mol. The van der Waals surface area contributed by atoms with Crippen molar-refractivity contribution in [2.45, 2.75) is 0 Å². The SMILES string of the molecule is C=C(/C=C\C(N)=NC)c1cnc2ccc(N(CCN3C(=O)c4ccccc4C3=O)c3cc(OC)cc(OC)c3)cc2n1. The van der Waals surface area contributed by atoms with E-state index in [9.17, 15) is 9.59 Å². The number of benzene rings is 3. The highest BCUT2D eigenvalue weighted by molar-refractivity contribution is 6.21. The van der Waals surface area contributed by atoms with Crippen molar-refractivity contribution in [1.29, 1.82) is 0 Å². The van der Waals surface area contributed by atoms with Gasteiger partial charge in [-0.15, -0.1) is 0 Å². The Labute approximate surface area is 243 Å². The Bertz CT molecular complexity index is 1710. The van der Waals surface area contributed by atoms with Crippen molar-refractivity contribution in [2.24, 2.45) is 10.7 Å². The number of carbonyl (C=O) groups excluding carboxylic acids is 2. The predicted octanol–water partition coefficient (Wildman–Crippen LogP) is 4.64. The lowest BCUT2D eigenvalue weighted by atomic mass is 10.1. The molecule has 0 fully saturated rings. The third kappa shape index (κ3) is 5.55. The molecular weight excluding hydrogens is 532 g/mol. The van der Waals surface area contributed by atoms with Gasteiger partial charge in [-0.1, -0.05) is 18.7 Å². The molecule has 0 spiro atoms. The molecule has 3 aromatic carbocycles. The molecule has 1 aliphatic heterocycles. The Kier molecular flexibility index (Phi) is 7.96. The fraction of sp³-hybridized carbons (Fsp3) is 0.156. The number of anilines is 2. The van der Waals surface area contributed by atoms with E-state index in [1.165, 1.54) is 4.90 Å². The first kappa shape index (κ1) is 28.0. The Morgan fingerprint density at radius 2 is 1.62 bits per heavy atom. The van der Waals surface area contributed by atoms with Gasteiger partial charge in [0.05, 0.1) is 48.3 Å². The number of carbonyl (C=O) groups is 2. The minimum atomic E-state index is -0.312. The van der Waals surface area contributed by atoms with Gasteiger partial charge >= 0.3 is 0 Å². The normalized spacial score (nSPS) is 13.1. The zero-order chi connectivity index (χ0) is 29.8. The van der Waals surface area contributed by atoms with Crippen LogP contribution in [0.2, 0.25) is 0 Å². The molecule has 0 unspecified atom stereocenters. The number of aliphatic imine (C=N–C) groups is 1. The van der Waals surface area contributed by atoms with Gasteiger partial charge in [-0.3, -0.25) is 24.5 Å². The standard InChI is InChI=1S/C32H30N6O4/c1-20(9-12-30(33)34-2)29-19-35-27-11-10-21(17-28(27)36-29)37(22-15-23(41-3)18-24(16-22)42-4)13-14-38-31(39)25-7-5-6-8-26(25)32(38)40/h5-12,15-19H,1,13-14H2,2-4H3,(H2,33,34)/b12-9-. The van der Waals surface area contributed by atoms with E-state index in [1.807, 2.05) is 35.2 Å². The minimum absolute atomic E-state index is 0.150. The summed E-state index contributed by atoms with van der Waals surface area (Å²) in [5.41, 5.74) is 10.6. The van der Waals surface area contributed by atoms with Crippen molar-refractivity contribution < 1.29 is 19.1 Å². The Morgan fingerprint density at radius 1 is 0.952 bits per heavy atom. The lowest BCUT2D eigenvalue weighted by Gasteiger charge is -2.28. The summed E-state index contributed by atoms with van der Waals surface area (Å²) in [5, 5.41) is 0. The van der Waals surface area contributed by atoms with Crippen LogP contribution in [0.15, 0.2) is 90.6 Å². The van der Waals surface area contributed by atoms with E-state index in [0.717, 1.165) is 11.4 Å². The van der Waals surface area contributed by atoms with E-state index in [-0.39, 0.29) is 18.4 Å². The number of amides is 2. The molecule has 1 aromatic heterocycles. The van der Waals surface area contributed by atoms with Crippen LogP contribution < -0.4 is 20.1 Å². The molecule has 0 radical (unpaired) electrons. The number of fused-ring (bicyclic) bond motifs is 2. The Morgan fingerprint density at radius 3 is 2.24 bits per heavy atom. The van der Waals surface area contributed by atoms with Crippen LogP contribution in [0.5, 0.6) is 11.5 Å². The molecule has 5 rings (SSSR count). The van der Waals surface area contributed by atoms with E-state index in [4.69, 9.17) is 20.2 Å². The van der Waals surface area contributed by atoms with Crippen molar-refractivity contribution in [3.8, 4) is 11.5 Å². The van der Waals surface area contributed by atoms with Crippen LogP contribution in [0, 0.1) is 0 Å². The van der Waals surface area contributed by atoms with Crippen molar-refractivity contribution >= 4 is 45.6 Å². The van der Waals surface area contributed by atoms with Crippen LogP contribution in [0.25, 0.3) is 16.6 Å². The number of ether oxygens (including phenoxy) is 2. The lowest BCUT2D eigenvalue weighted by Crippen LogP contribution is -2.36. The van der Waals surface area contributed by atoms with E-state index < -0.39 is 0 Å². The van der Waals surface area contributed by atoms with Crippen LogP contribution in [-0.2, 0) is 0 Å². The number of nitrogens with two attached hydrogens (primary N) is 1. The smallest absolute Gasteiger partial charge is 0.261 e. The van der Waals surface area contributed by atoms with Crippen LogP contribution in [0.3, 0.4) is 0 Å². The summed E-state index contributed by atoms with van der Waals surface area (Å²) in [7, 11) is 4.77. The minimum Gasteiger partial charge on any atom is -0.497 e. The second kappa shape index (κ2) is 11.9.